The lowest BCUT2D eigenvalue weighted by Gasteiger charge is -2.10. The summed E-state index contributed by atoms with van der Waals surface area (Å²) in [5, 5.41) is 12.7. The normalized spacial score (nSPS) is 12.0. The second-order valence-corrected chi connectivity index (χ2v) is 6.03. The molecule has 0 unspecified atom stereocenters. The first-order chi connectivity index (χ1) is 9.47. The Morgan fingerprint density at radius 1 is 1.30 bits per heavy atom. The van der Waals surface area contributed by atoms with Crippen molar-refractivity contribution in [3.63, 3.8) is 0 Å². The fraction of sp³-hybridized carbons (Fsp3) is 0.133. The highest BCUT2D eigenvalue weighted by Gasteiger charge is 2.11. The summed E-state index contributed by atoms with van der Waals surface area (Å²) in [4.78, 5) is 12.2. The Morgan fingerprint density at radius 3 is 2.75 bits per heavy atom. The van der Waals surface area contributed by atoms with Gasteiger partial charge in [-0.1, -0.05) is 23.7 Å². The fourth-order valence-electron chi connectivity index (χ4n) is 1.75. The Hall–Kier alpha value is -1.11. The first-order valence-electron chi connectivity index (χ1n) is 6.02. The maximum atomic E-state index is 12.2. The number of hydrogen-bond acceptors (Lipinski definition) is 2. The van der Waals surface area contributed by atoms with E-state index in [4.69, 9.17) is 11.6 Å². The van der Waals surface area contributed by atoms with Gasteiger partial charge in [0.2, 0.25) is 0 Å². The molecule has 3 nitrogen and oxygen atoms in total. The summed E-state index contributed by atoms with van der Waals surface area (Å²) in [6, 6.07) is 12.4. The van der Waals surface area contributed by atoms with Gasteiger partial charge >= 0.3 is 0 Å². The average molecular weight is 402 g/mol. The number of rotatable bonds is 3. The first kappa shape index (κ1) is 15.3. The summed E-state index contributed by atoms with van der Waals surface area (Å²) in [6.07, 6.45) is -0.576. The van der Waals surface area contributed by atoms with E-state index in [1.165, 1.54) is 0 Å². The summed E-state index contributed by atoms with van der Waals surface area (Å²) in [5.41, 5.74) is 1.81. The molecule has 5 heteroatoms. The summed E-state index contributed by atoms with van der Waals surface area (Å²) >= 11 is 8.16. The molecule has 2 N–H and O–H groups in total. The quantitative estimate of drug-likeness (QED) is 0.756. The molecule has 0 saturated heterocycles. The molecule has 1 amide bonds. The van der Waals surface area contributed by atoms with Gasteiger partial charge in [-0.15, -0.1) is 0 Å². The average Bonchev–Trinajstić information content (AvgIpc) is 2.41. The van der Waals surface area contributed by atoms with E-state index in [2.05, 4.69) is 27.9 Å². The van der Waals surface area contributed by atoms with E-state index in [0.29, 0.717) is 16.3 Å². The van der Waals surface area contributed by atoms with Crippen LogP contribution in [0.5, 0.6) is 0 Å². The molecule has 1 atom stereocenters. The van der Waals surface area contributed by atoms with Gasteiger partial charge in [0.15, 0.2) is 0 Å². The Labute approximate surface area is 136 Å². The third-order valence-corrected chi connectivity index (χ3v) is 3.80. The Balaban J connectivity index is 2.23. The van der Waals surface area contributed by atoms with Crippen LogP contribution in [0.2, 0.25) is 5.02 Å². The maximum absolute atomic E-state index is 12.2. The molecule has 20 heavy (non-hydrogen) atoms. The van der Waals surface area contributed by atoms with Gasteiger partial charge in [-0.05, 0) is 65.4 Å². The predicted molar refractivity (Wildman–Crippen MR) is 89.2 cm³/mol. The van der Waals surface area contributed by atoms with Crippen molar-refractivity contribution in [3.8, 4) is 0 Å². The van der Waals surface area contributed by atoms with Crippen LogP contribution in [0, 0.1) is 3.57 Å². The van der Waals surface area contributed by atoms with Crippen molar-refractivity contribution in [1.82, 2.24) is 0 Å². The van der Waals surface area contributed by atoms with Gasteiger partial charge in [0, 0.05) is 9.26 Å². The van der Waals surface area contributed by atoms with Crippen molar-refractivity contribution in [1.29, 1.82) is 0 Å². The van der Waals surface area contributed by atoms with E-state index in [-0.39, 0.29) is 5.91 Å². The third kappa shape index (κ3) is 3.71. The highest BCUT2D eigenvalue weighted by molar-refractivity contribution is 14.1. The Kier molecular flexibility index (Phi) is 5.01. The number of anilines is 1. The van der Waals surface area contributed by atoms with Crippen molar-refractivity contribution in [2.75, 3.05) is 5.32 Å². The van der Waals surface area contributed by atoms with E-state index in [9.17, 15) is 9.90 Å². The first-order valence-corrected chi connectivity index (χ1v) is 7.47. The number of aliphatic hydroxyl groups is 1. The zero-order valence-electron chi connectivity index (χ0n) is 10.7. The van der Waals surface area contributed by atoms with E-state index in [0.717, 1.165) is 9.13 Å². The number of amides is 1. The lowest BCUT2D eigenvalue weighted by atomic mass is 10.1. The van der Waals surface area contributed by atoms with E-state index in [1.54, 1.807) is 43.3 Å². The Bertz CT molecular complexity index is 644. The van der Waals surface area contributed by atoms with Crippen molar-refractivity contribution < 1.29 is 9.90 Å². The highest BCUT2D eigenvalue weighted by Crippen LogP contribution is 2.22. The minimum Gasteiger partial charge on any atom is -0.389 e. The van der Waals surface area contributed by atoms with Crippen LogP contribution in [-0.2, 0) is 0 Å². The molecule has 0 aliphatic carbocycles. The monoisotopic (exact) mass is 401 g/mol. The van der Waals surface area contributed by atoms with Gasteiger partial charge in [0.05, 0.1) is 16.7 Å². The van der Waals surface area contributed by atoms with Gasteiger partial charge < -0.3 is 10.4 Å². The van der Waals surface area contributed by atoms with E-state index in [1.807, 2.05) is 6.07 Å². The standard InChI is InChI=1S/C15H13ClINO2/c1-9(19)10-3-2-4-12(7-10)18-15(20)13-8-11(17)5-6-14(13)16/h2-9,19H,1H3,(H,18,20)/t9-/m0/s1. The summed E-state index contributed by atoms with van der Waals surface area (Å²) in [6.45, 7) is 1.68. The second-order valence-electron chi connectivity index (χ2n) is 4.38. The molecule has 2 aromatic carbocycles. The van der Waals surface area contributed by atoms with Gasteiger partial charge in [-0.3, -0.25) is 4.79 Å². The van der Waals surface area contributed by atoms with Crippen molar-refractivity contribution in [2.45, 2.75) is 13.0 Å². The molecular weight excluding hydrogens is 389 g/mol. The lowest BCUT2D eigenvalue weighted by Crippen LogP contribution is -2.13. The van der Waals surface area contributed by atoms with Crippen LogP contribution in [0.1, 0.15) is 28.9 Å². The van der Waals surface area contributed by atoms with Crippen molar-refractivity contribution in [2.24, 2.45) is 0 Å². The summed E-state index contributed by atoms with van der Waals surface area (Å²) in [5.74, 6) is -0.267. The molecule has 0 spiro atoms. The number of hydrogen-bond donors (Lipinski definition) is 2. The van der Waals surface area contributed by atoms with Crippen LogP contribution in [0.25, 0.3) is 0 Å². The smallest absolute Gasteiger partial charge is 0.257 e. The minimum atomic E-state index is -0.576. The largest absolute Gasteiger partial charge is 0.389 e. The number of halogens is 2. The number of carbonyl (C=O) groups is 1. The Morgan fingerprint density at radius 2 is 2.05 bits per heavy atom. The zero-order valence-corrected chi connectivity index (χ0v) is 13.6. The maximum Gasteiger partial charge on any atom is 0.257 e. The minimum absolute atomic E-state index is 0.267. The molecule has 0 fully saturated rings. The van der Waals surface area contributed by atoms with Gasteiger partial charge in [-0.25, -0.2) is 0 Å². The molecule has 2 rings (SSSR count). The third-order valence-electron chi connectivity index (χ3n) is 2.80. The lowest BCUT2D eigenvalue weighted by molar-refractivity contribution is 0.102. The number of benzene rings is 2. The van der Waals surface area contributed by atoms with Crippen molar-refractivity contribution in [3.05, 3.63) is 62.2 Å². The van der Waals surface area contributed by atoms with E-state index >= 15 is 0 Å². The molecule has 0 saturated carbocycles. The van der Waals surface area contributed by atoms with E-state index < -0.39 is 6.10 Å². The van der Waals surface area contributed by atoms with Crippen LogP contribution in [0.3, 0.4) is 0 Å². The van der Waals surface area contributed by atoms with Gasteiger partial charge in [0.25, 0.3) is 5.91 Å². The molecule has 2 aromatic rings. The fourth-order valence-corrected chi connectivity index (χ4v) is 2.44. The number of aliphatic hydroxyl groups excluding tert-OH is 1. The zero-order chi connectivity index (χ0) is 14.7. The predicted octanol–water partition coefficient (Wildman–Crippen LogP) is 4.25. The van der Waals surface area contributed by atoms with Crippen LogP contribution >= 0.6 is 34.2 Å². The molecule has 0 bridgehead atoms. The SMILES string of the molecule is C[C@H](O)c1cccc(NC(=O)c2cc(I)ccc2Cl)c1. The number of carbonyl (C=O) groups excluding carboxylic acids is 1. The molecular formula is C15H13ClINO2. The molecule has 0 aliphatic rings. The molecule has 0 aromatic heterocycles. The van der Waals surface area contributed by atoms with Crippen LogP contribution < -0.4 is 5.32 Å². The van der Waals surface area contributed by atoms with Gasteiger partial charge in [0.1, 0.15) is 0 Å². The van der Waals surface area contributed by atoms with Crippen LogP contribution in [0.15, 0.2) is 42.5 Å². The van der Waals surface area contributed by atoms with Crippen molar-refractivity contribution >= 4 is 45.8 Å². The molecule has 0 radical (unpaired) electrons. The second kappa shape index (κ2) is 6.56. The topological polar surface area (TPSA) is 49.3 Å². The highest BCUT2D eigenvalue weighted by atomic mass is 127. The summed E-state index contributed by atoms with van der Waals surface area (Å²) < 4.78 is 0.940. The molecule has 0 aliphatic heterocycles. The molecule has 0 heterocycles. The van der Waals surface area contributed by atoms with Crippen LogP contribution in [0.4, 0.5) is 5.69 Å². The van der Waals surface area contributed by atoms with Gasteiger partial charge in [-0.2, -0.15) is 0 Å². The van der Waals surface area contributed by atoms with Crippen LogP contribution in [-0.4, -0.2) is 11.0 Å². The summed E-state index contributed by atoms with van der Waals surface area (Å²) in [7, 11) is 0. The molecule has 104 valence electrons. The number of nitrogens with one attached hydrogen (secondary N) is 1.